The van der Waals surface area contributed by atoms with Crippen LogP contribution < -0.4 is 14.8 Å². The van der Waals surface area contributed by atoms with Gasteiger partial charge >= 0.3 is 0 Å². The van der Waals surface area contributed by atoms with E-state index in [1.165, 1.54) is 0 Å². The molecule has 0 aliphatic heterocycles. The van der Waals surface area contributed by atoms with E-state index in [0.717, 1.165) is 21.8 Å². The first-order valence-electron chi connectivity index (χ1n) is 9.96. The Morgan fingerprint density at radius 3 is 2.57 bits per heavy atom. The molecule has 1 amide bonds. The number of methoxy groups -OCH3 is 1. The van der Waals surface area contributed by atoms with Crippen LogP contribution in [0.3, 0.4) is 0 Å². The molecule has 5 nitrogen and oxygen atoms in total. The highest BCUT2D eigenvalue weighted by atomic mass is 32.1. The van der Waals surface area contributed by atoms with Crippen molar-refractivity contribution in [3.05, 3.63) is 82.0 Å². The maximum atomic E-state index is 12.8. The Kier molecular flexibility index (Phi) is 7.88. The number of nitrogens with zero attached hydrogens (tertiary/aromatic N) is 1. The quantitative estimate of drug-likeness (QED) is 0.521. The van der Waals surface area contributed by atoms with Crippen molar-refractivity contribution in [3.8, 4) is 11.5 Å². The molecule has 3 rings (SSSR count). The summed E-state index contributed by atoms with van der Waals surface area (Å²) in [4.78, 5) is 15.9. The highest BCUT2D eigenvalue weighted by Crippen LogP contribution is 2.29. The smallest absolute Gasteiger partial charge is 0.234 e. The molecule has 0 spiro atoms. The summed E-state index contributed by atoms with van der Waals surface area (Å²) < 4.78 is 11.0. The molecule has 30 heavy (non-hydrogen) atoms. The molecule has 6 heteroatoms. The van der Waals surface area contributed by atoms with Gasteiger partial charge in [-0.3, -0.25) is 9.69 Å². The molecule has 1 heterocycles. The van der Waals surface area contributed by atoms with Crippen LogP contribution in [0.2, 0.25) is 0 Å². The molecule has 3 aromatic rings. The lowest BCUT2D eigenvalue weighted by molar-refractivity contribution is -0.122. The summed E-state index contributed by atoms with van der Waals surface area (Å²) in [7, 11) is 3.57. The van der Waals surface area contributed by atoms with E-state index in [4.69, 9.17) is 9.47 Å². The predicted octanol–water partition coefficient (Wildman–Crippen LogP) is 4.49. The molecule has 1 N–H and O–H groups in total. The van der Waals surface area contributed by atoms with Gasteiger partial charge in [-0.1, -0.05) is 42.5 Å². The van der Waals surface area contributed by atoms with Gasteiger partial charge < -0.3 is 14.8 Å². The maximum absolute atomic E-state index is 12.8. The second-order valence-corrected chi connectivity index (χ2v) is 8.00. The highest BCUT2D eigenvalue weighted by molar-refractivity contribution is 7.10. The number of carbonyl (C=O) groups is 1. The van der Waals surface area contributed by atoms with E-state index in [9.17, 15) is 4.79 Å². The minimum absolute atomic E-state index is 0.0161. The molecule has 1 aromatic heterocycles. The zero-order valence-electron chi connectivity index (χ0n) is 17.6. The van der Waals surface area contributed by atoms with Crippen molar-refractivity contribution in [3.63, 3.8) is 0 Å². The van der Waals surface area contributed by atoms with Gasteiger partial charge in [0.15, 0.2) is 11.5 Å². The first-order valence-corrected chi connectivity index (χ1v) is 10.8. The van der Waals surface area contributed by atoms with E-state index >= 15 is 0 Å². The fourth-order valence-corrected chi connectivity index (χ4v) is 4.13. The van der Waals surface area contributed by atoms with E-state index in [-0.39, 0.29) is 11.9 Å². The Morgan fingerprint density at radius 1 is 1.10 bits per heavy atom. The summed E-state index contributed by atoms with van der Waals surface area (Å²) in [5, 5.41) is 5.22. The van der Waals surface area contributed by atoms with Gasteiger partial charge in [0.1, 0.15) is 0 Å². The van der Waals surface area contributed by atoms with Crippen molar-refractivity contribution < 1.29 is 14.3 Å². The third-order valence-electron chi connectivity index (χ3n) is 4.66. The molecule has 0 radical (unpaired) electrons. The molecule has 158 valence electrons. The van der Waals surface area contributed by atoms with E-state index in [1.54, 1.807) is 18.4 Å². The molecule has 0 aliphatic carbocycles. The van der Waals surface area contributed by atoms with Crippen LogP contribution >= 0.6 is 11.3 Å². The predicted molar refractivity (Wildman–Crippen MR) is 121 cm³/mol. The van der Waals surface area contributed by atoms with E-state index in [1.807, 2.05) is 78.8 Å². The van der Waals surface area contributed by atoms with Crippen LogP contribution in [0.1, 0.15) is 29.0 Å². The summed E-state index contributed by atoms with van der Waals surface area (Å²) in [5.41, 5.74) is 2.13. The SMILES string of the molecule is CCOc1ccc(CN(C)CC(=O)N[C@H](c2ccccc2)c2cccs2)cc1OC. The molecule has 0 saturated carbocycles. The second-order valence-electron chi connectivity index (χ2n) is 7.02. The number of thiophene rings is 1. The molecule has 1 atom stereocenters. The normalized spacial score (nSPS) is 11.9. The topological polar surface area (TPSA) is 50.8 Å². The summed E-state index contributed by atoms with van der Waals surface area (Å²) >= 11 is 1.64. The van der Waals surface area contributed by atoms with Crippen LogP contribution in [0.25, 0.3) is 0 Å². The summed E-state index contributed by atoms with van der Waals surface area (Å²) in [5.74, 6) is 1.41. The molecule has 2 aromatic carbocycles. The van der Waals surface area contributed by atoms with Gasteiger partial charge in [-0.15, -0.1) is 11.3 Å². The van der Waals surface area contributed by atoms with Crippen LogP contribution in [0, 0.1) is 0 Å². The molecule has 0 bridgehead atoms. The molecule has 0 saturated heterocycles. The lowest BCUT2D eigenvalue weighted by Gasteiger charge is -2.21. The van der Waals surface area contributed by atoms with Gasteiger partial charge in [0, 0.05) is 11.4 Å². The Balaban J connectivity index is 1.63. The number of carbonyl (C=O) groups excluding carboxylic acids is 1. The van der Waals surface area contributed by atoms with Crippen molar-refractivity contribution in [1.29, 1.82) is 0 Å². The Bertz CT molecular complexity index is 929. The lowest BCUT2D eigenvalue weighted by Crippen LogP contribution is -2.37. The van der Waals surface area contributed by atoms with Crippen molar-refractivity contribution in [2.24, 2.45) is 0 Å². The van der Waals surface area contributed by atoms with Crippen LogP contribution in [0.15, 0.2) is 66.0 Å². The van der Waals surface area contributed by atoms with Crippen molar-refractivity contribution >= 4 is 17.2 Å². The standard InChI is InChI=1S/C24H28N2O3S/c1-4-29-20-13-12-18(15-21(20)28-3)16-26(2)17-23(27)25-24(22-11-8-14-30-22)19-9-6-5-7-10-19/h5-15,24H,4,16-17H2,1-3H3,(H,25,27)/t24-/m1/s1. The van der Waals surface area contributed by atoms with Gasteiger partial charge in [-0.2, -0.15) is 0 Å². The average molecular weight is 425 g/mol. The third kappa shape index (κ3) is 5.84. The number of hydrogen-bond donors (Lipinski definition) is 1. The maximum Gasteiger partial charge on any atom is 0.234 e. The van der Waals surface area contributed by atoms with Crippen LogP contribution in [-0.2, 0) is 11.3 Å². The first kappa shape index (κ1) is 21.9. The number of likely N-dealkylation sites (N-methyl/N-ethyl adjacent to an activating group) is 1. The molecule has 0 unspecified atom stereocenters. The van der Waals surface area contributed by atoms with Crippen molar-refractivity contribution in [1.82, 2.24) is 10.2 Å². The van der Waals surface area contributed by atoms with Gasteiger partial charge in [-0.05, 0) is 48.7 Å². The Morgan fingerprint density at radius 2 is 1.90 bits per heavy atom. The van der Waals surface area contributed by atoms with Gasteiger partial charge in [0.05, 0.1) is 26.3 Å². The summed E-state index contributed by atoms with van der Waals surface area (Å²) in [6, 6.07) is 19.8. The number of benzene rings is 2. The number of rotatable bonds is 10. The third-order valence-corrected chi connectivity index (χ3v) is 5.60. The van der Waals surface area contributed by atoms with Gasteiger partial charge in [0.25, 0.3) is 0 Å². The number of hydrogen-bond acceptors (Lipinski definition) is 5. The number of nitrogens with one attached hydrogen (secondary N) is 1. The second kappa shape index (κ2) is 10.8. The fraction of sp³-hybridized carbons (Fsp3) is 0.292. The van der Waals surface area contributed by atoms with Gasteiger partial charge in [-0.25, -0.2) is 0 Å². The Hall–Kier alpha value is -2.83. The minimum atomic E-state index is -0.141. The number of amides is 1. The molecule has 0 aliphatic rings. The monoisotopic (exact) mass is 424 g/mol. The van der Waals surface area contributed by atoms with Crippen LogP contribution in [0.5, 0.6) is 11.5 Å². The fourth-order valence-electron chi connectivity index (χ4n) is 3.32. The minimum Gasteiger partial charge on any atom is -0.493 e. The summed E-state index contributed by atoms with van der Waals surface area (Å²) in [6.45, 7) is 3.46. The summed E-state index contributed by atoms with van der Waals surface area (Å²) in [6.07, 6.45) is 0. The largest absolute Gasteiger partial charge is 0.493 e. The highest BCUT2D eigenvalue weighted by Gasteiger charge is 2.18. The lowest BCUT2D eigenvalue weighted by atomic mass is 10.1. The molecule has 0 fully saturated rings. The van der Waals surface area contributed by atoms with Crippen molar-refractivity contribution in [2.45, 2.75) is 19.5 Å². The molecular formula is C24H28N2O3S. The number of ether oxygens (including phenoxy) is 2. The zero-order chi connectivity index (χ0) is 21.3. The van der Waals surface area contributed by atoms with Crippen LogP contribution in [-0.4, -0.2) is 38.1 Å². The van der Waals surface area contributed by atoms with Crippen LogP contribution in [0.4, 0.5) is 0 Å². The van der Waals surface area contributed by atoms with Crippen molar-refractivity contribution in [2.75, 3.05) is 27.3 Å². The van der Waals surface area contributed by atoms with E-state index in [2.05, 4.69) is 11.4 Å². The van der Waals surface area contributed by atoms with E-state index < -0.39 is 0 Å². The first-order chi connectivity index (χ1) is 14.6. The zero-order valence-corrected chi connectivity index (χ0v) is 18.4. The van der Waals surface area contributed by atoms with E-state index in [0.29, 0.717) is 25.4 Å². The van der Waals surface area contributed by atoms with Gasteiger partial charge in [0.2, 0.25) is 5.91 Å². The average Bonchev–Trinajstić information content (AvgIpc) is 3.28. The Labute approximate surface area is 182 Å². The molecular weight excluding hydrogens is 396 g/mol.